The van der Waals surface area contributed by atoms with Gasteiger partial charge in [0, 0.05) is 6.42 Å². The number of ketones is 1. The molecule has 0 radical (unpaired) electrons. The number of alkyl halides is 2. The zero-order valence-corrected chi connectivity index (χ0v) is 7.52. The molecule has 0 bridgehead atoms. The van der Waals surface area contributed by atoms with Crippen molar-refractivity contribution in [1.29, 1.82) is 0 Å². The van der Waals surface area contributed by atoms with Crippen LogP contribution in [0, 0.1) is 5.41 Å². The fourth-order valence-corrected chi connectivity index (χ4v) is 1.71. The summed E-state index contributed by atoms with van der Waals surface area (Å²) in [7, 11) is 1.47. The molecular weight excluding hydrogens is 169 g/mol. The number of hydrogen-bond donors (Lipinski definition) is 0. The summed E-state index contributed by atoms with van der Waals surface area (Å²) in [6.45, 7) is 1.62. The number of rotatable bonds is 3. The Balaban J connectivity index is 2.76. The smallest absolute Gasteiger partial charge is 0.271 e. The molecule has 0 amide bonds. The van der Waals surface area contributed by atoms with Crippen molar-refractivity contribution in [3.63, 3.8) is 0 Å². The summed E-state index contributed by atoms with van der Waals surface area (Å²) in [5.74, 6) is -0.308. The van der Waals surface area contributed by atoms with Gasteiger partial charge in [0.1, 0.15) is 5.78 Å². The Bertz CT molecular complexity index is 181. The van der Waals surface area contributed by atoms with Gasteiger partial charge >= 0.3 is 0 Å². The largest absolute Gasteiger partial charge is 0.299 e. The van der Waals surface area contributed by atoms with E-state index < -0.39 is 11.1 Å². The van der Waals surface area contributed by atoms with E-state index in [0.29, 0.717) is 12.8 Å². The van der Waals surface area contributed by atoms with E-state index in [1.54, 1.807) is 6.92 Å². The van der Waals surface area contributed by atoms with Gasteiger partial charge < -0.3 is 0 Å². The van der Waals surface area contributed by atoms with Gasteiger partial charge in [-0.1, -0.05) is 16.2 Å². The molecule has 1 nitrogen and oxygen atoms in total. The Morgan fingerprint density at radius 2 is 2.09 bits per heavy atom. The fourth-order valence-electron chi connectivity index (χ4n) is 1.26. The van der Waals surface area contributed by atoms with Crippen molar-refractivity contribution in [2.75, 3.05) is 0 Å². The van der Waals surface area contributed by atoms with Crippen LogP contribution in [0.5, 0.6) is 0 Å². The quantitative estimate of drug-likeness (QED) is 0.608. The topological polar surface area (TPSA) is 17.1 Å². The number of Topliss-reactive ketones (excluding diaryl/α,β-unsaturated/α-hetero) is 1. The molecule has 1 aliphatic rings. The standard InChI is InChI=1S/C7H11F2OP/c1-2-5(10)6(3-4-6)7(8,9)11/h2-4,11H2,1H3. The second kappa shape index (κ2) is 2.48. The van der Waals surface area contributed by atoms with Crippen LogP contribution in [0.2, 0.25) is 0 Å². The van der Waals surface area contributed by atoms with Crippen molar-refractivity contribution < 1.29 is 13.6 Å². The number of carbonyl (C=O) groups excluding carboxylic acids is 1. The van der Waals surface area contributed by atoms with Crippen LogP contribution in [0.4, 0.5) is 8.78 Å². The molecule has 0 aliphatic heterocycles. The highest BCUT2D eigenvalue weighted by atomic mass is 31.0. The Morgan fingerprint density at radius 3 is 2.18 bits per heavy atom. The van der Waals surface area contributed by atoms with Crippen LogP contribution in [-0.4, -0.2) is 11.4 Å². The Hall–Kier alpha value is -0.0400. The van der Waals surface area contributed by atoms with Crippen molar-refractivity contribution in [2.45, 2.75) is 31.8 Å². The van der Waals surface area contributed by atoms with Gasteiger partial charge in [-0.3, -0.25) is 4.79 Å². The van der Waals surface area contributed by atoms with E-state index in [9.17, 15) is 13.6 Å². The normalized spacial score (nSPS) is 21.5. The van der Waals surface area contributed by atoms with Gasteiger partial charge in [0.15, 0.2) is 0 Å². The average Bonchev–Trinajstić information content (AvgIpc) is 2.63. The third-order valence-electron chi connectivity index (χ3n) is 2.24. The summed E-state index contributed by atoms with van der Waals surface area (Å²) in [6.07, 6.45) is 0.899. The van der Waals surface area contributed by atoms with Crippen LogP contribution >= 0.6 is 9.24 Å². The van der Waals surface area contributed by atoms with Gasteiger partial charge in [0.05, 0.1) is 5.41 Å². The predicted octanol–water partition coefficient (Wildman–Crippen LogP) is 2.21. The molecule has 0 heterocycles. The summed E-state index contributed by atoms with van der Waals surface area (Å²) in [5.41, 5.74) is -4.22. The molecule has 0 saturated heterocycles. The van der Waals surface area contributed by atoms with Gasteiger partial charge in [-0.05, 0) is 12.8 Å². The lowest BCUT2D eigenvalue weighted by atomic mass is 9.99. The maximum Gasteiger partial charge on any atom is 0.271 e. The summed E-state index contributed by atoms with van der Waals surface area (Å²) in [5, 5.41) is 0. The van der Waals surface area contributed by atoms with Crippen molar-refractivity contribution in [2.24, 2.45) is 5.41 Å². The lowest BCUT2D eigenvalue weighted by molar-refractivity contribution is -0.131. The molecule has 1 unspecified atom stereocenters. The van der Waals surface area contributed by atoms with Crippen LogP contribution in [0.15, 0.2) is 0 Å². The van der Waals surface area contributed by atoms with Crippen LogP contribution in [-0.2, 0) is 4.79 Å². The molecule has 0 aromatic carbocycles. The van der Waals surface area contributed by atoms with Crippen LogP contribution in [0.25, 0.3) is 0 Å². The molecule has 1 saturated carbocycles. The van der Waals surface area contributed by atoms with Crippen LogP contribution in [0.1, 0.15) is 26.2 Å². The summed E-state index contributed by atoms with van der Waals surface area (Å²) in [6, 6.07) is 0. The average molecular weight is 180 g/mol. The van der Waals surface area contributed by atoms with E-state index >= 15 is 0 Å². The van der Waals surface area contributed by atoms with Crippen LogP contribution < -0.4 is 0 Å². The zero-order valence-electron chi connectivity index (χ0n) is 6.36. The molecule has 64 valence electrons. The summed E-state index contributed by atoms with van der Waals surface area (Å²) >= 11 is 0. The first-order chi connectivity index (χ1) is 4.94. The van der Waals surface area contributed by atoms with Gasteiger partial charge in [-0.2, -0.15) is 0 Å². The number of carbonyl (C=O) groups is 1. The number of hydrogen-bond acceptors (Lipinski definition) is 1. The minimum absolute atomic E-state index is 0.212. The lowest BCUT2D eigenvalue weighted by Gasteiger charge is -2.20. The second-order valence-corrected chi connectivity index (χ2v) is 3.71. The number of halogens is 2. The van der Waals surface area contributed by atoms with Crippen molar-refractivity contribution in [3.8, 4) is 0 Å². The monoisotopic (exact) mass is 180 g/mol. The third kappa shape index (κ3) is 1.31. The lowest BCUT2D eigenvalue weighted by Crippen LogP contribution is -2.30. The van der Waals surface area contributed by atoms with Gasteiger partial charge in [-0.15, -0.1) is 0 Å². The first-order valence-corrected chi connectivity index (χ1v) is 4.22. The summed E-state index contributed by atoms with van der Waals surface area (Å²) in [4.78, 5) is 11.0. The van der Waals surface area contributed by atoms with E-state index in [0.717, 1.165) is 0 Å². The minimum atomic E-state index is -2.90. The van der Waals surface area contributed by atoms with Crippen molar-refractivity contribution >= 4 is 15.0 Å². The Labute approximate surface area is 66.7 Å². The van der Waals surface area contributed by atoms with Crippen molar-refractivity contribution in [1.82, 2.24) is 0 Å². The molecule has 0 spiro atoms. The van der Waals surface area contributed by atoms with E-state index in [1.165, 1.54) is 9.24 Å². The van der Waals surface area contributed by atoms with E-state index in [4.69, 9.17) is 0 Å². The van der Waals surface area contributed by atoms with E-state index in [-0.39, 0.29) is 12.2 Å². The first kappa shape index (κ1) is 9.05. The molecule has 4 heteroatoms. The molecule has 0 aromatic heterocycles. The first-order valence-electron chi connectivity index (χ1n) is 3.64. The van der Waals surface area contributed by atoms with Gasteiger partial charge in [-0.25, -0.2) is 8.78 Å². The van der Waals surface area contributed by atoms with E-state index in [2.05, 4.69) is 0 Å². The summed E-state index contributed by atoms with van der Waals surface area (Å²) < 4.78 is 25.5. The maximum absolute atomic E-state index is 12.7. The highest BCUT2D eigenvalue weighted by Crippen LogP contribution is 2.60. The SMILES string of the molecule is CCC(=O)C1(C(F)(F)P)CC1. The second-order valence-electron chi connectivity index (χ2n) is 2.98. The molecule has 1 aliphatic carbocycles. The Kier molecular flexibility index (Phi) is 2.04. The zero-order chi connectivity index (χ0) is 8.70. The Morgan fingerprint density at radius 1 is 1.64 bits per heavy atom. The van der Waals surface area contributed by atoms with Gasteiger partial charge in [0.25, 0.3) is 5.66 Å². The molecule has 0 aromatic rings. The highest BCUT2D eigenvalue weighted by molar-refractivity contribution is 7.18. The fraction of sp³-hybridized carbons (Fsp3) is 0.857. The molecule has 1 rings (SSSR count). The van der Waals surface area contributed by atoms with Gasteiger partial charge in [0.2, 0.25) is 0 Å². The molecule has 1 atom stereocenters. The minimum Gasteiger partial charge on any atom is -0.299 e. The van der Waals surface area contributed by atoms with Crippen molar-refractivity contribution in [3.05, 3.63) is 0 Å². The third-order valence-corrected chi connectivity index (χ3v) is 2.80. The molecule has 0 N–H and O–H groups in total. The highest BCUT2D eigenvalue weighted by Gasteiger charge is 2.63. The molecular formula is C7H11F2OP. The molecule has 11 heavy (non-hydrogen) atoms. The predicted molar refractivity (Wildman–Crippen MR) is 41.6 cm³/mol. The maximum atomic E-state index is 12.7. The molecule has 1 fully saturated rings. The van der Waals surface area contributed by atoms with Crippen LogP contribution in [0.3, 0.4) is 0 Å². The van der Waals surface area contributed by atoms with E-state index in [1.807, 2.05) is 0 Å².